The van der Waals surface area contributed by atoms with Crippen LogP contribution in [0.3, 0.4) is 0 Å². The van der Waals surface area contributed by atoms with E-state index in [0.717, 1.165) is 24.2 Å². The third kappa shape index (κ3) is 4.43. The molecule has 0 aliphatic rings. The molecule has 5 nitrogen and oxygen atoms in total. The van der Waals surface area contributed by atoms with Crippen LogP contribution in [0.4, 0.5) is 10.3 Å². The lowest BCUT2D eigenvalue weighted by Crippen LogP contribution is -2.06. The van der Waals surface area contributed by atoms with Crippen LogP contribution in [0.5, 0.6) is 0 Å². The van der Waals surface area contributed by atoms with E-state index in [1.165, 1.54) is 0 Å². The molecule has 0 atom stereocenters. The van der Waals surface area contributed by atoms with Gasteiger partial charge in [0.1, 0.15) is 14.9 Å². The highest BCUT2D eigenvalue weighted by Gasteiger charge is 2.08. The molecule has 0 spiro atoms. The lowest BCUT2D eigenvalue weighted by Gasteiger charge is -2.01. The van der Waals surface area contributed by atoms with Gasteiger partial charge in [-0.05, 0) is 0 Å². The topological polar surface area (TPSA) is 85.9 Å². The van der Waals surface area contributed by atoms with Gasteiger partial charge in [0.25, 0.3) is 0 Å². The van der Waals surface area contributed by atoms with E-state index in [1.807, 2.05) is 0 Å². The Morgan fingerprint density at radius 2 is 2.27 bits per heavy atom. The van der Waals surface area contributed by atoms with Crippen molar-refractivity contribution >= 4 is 27.5 Å². The smallest absolute Gasteiger partial charge is 0.221 e. The first-order valence-electron chi connectivity index (χ1n) is 3.97. The number of nitrogens with zero attached hydrogens (tertiary/aromatic N) is 2. The van der Waals surface area contributed by atoms with Crippen LogP contribution in [-0.4, -0.2) is 36.1 Å². The Morgan fingerprint density at radius 1 is 1.60 bits per heavy atom. The van der Waals surface area contributed by atoms with Crippen molar-refractivity contribution in [2.24, 2.45) is 0 Å². The van der Waals surface area contributed by atoms with Gasteiger partial charge in [0, 0.05) is 12.0 Å². The van der Waals surface area contributed by atoms with Crippen LogP contribution in [0, 0.1) is 5.82 Å². The summed E-state index contributed by atoms with van der Waals surface area (Å²) in [5, 5.41) is 0.0751. The van der Waals surface area contributed by atoms with E-state index in [2.05, 4.69) is 9.97 Å². The Bertz CT molecular complexity index is 450. The van der Waals surface area contributed by atoms with Crippen LogP contribution in [0.15, 0.2) is 11.2 Å². The van der Waals surface area contributed by atoms with Gasteiger partial charge in [0.15, 0.2) is 5.82 Å². The zero-order chi connectivity index (χ0) is 11.5. The zero-order valence-electron chi connectivity index (χ0n) is 7.97. The first-order chi connectivity index (χ1) is 6.88. The van der Waals surface area contributed by atoms with Crippen molar-refractivity contribution in [1.29, 1.82) is 0 Å². The van der Waals surface area contributed by atoms with Gasteiger partial charge < -0.3 is 5.73 Å². The van der Waals surface area contributed by atoms with Gasteiger partial charge in [-0.15, -0.1) is 11.8 Å². The maximum atomic E-state index is 13.0. The molecule has 0 saturated heterocycles. The van der Waals surface area contributed by atoms with E-state index in [0.29, 0.717) is 0 Å². The molecule has 0 aromatic carbocycles. The second kappa shape index (κ2) is 4.75. The fourth-order valence-corrected chi connectivity index (χ4v) is 2.84. The summed E-state index contributed by atoms with van der Waals surface area (Å²) in [5.74, 6) is -0.409. The molecule has 2 N–H and O–H groups in total. The van der Waals surface area contributed by atoms with Gasteiger partial charge in [0.2, 0.25) is 5.95 Å². The molecular formula is C7H10FN3O2S2. The number of hydrogen-bond acceptors (Lipinski definition) is 6. The molecule has 1 aromatic heterocycles. The fourth-order valence-electron chi connectivity index (χ4n) is 0.755. The summed E-state index contributed by atoms with van der Waals surface area (Å²) in [5.41, 5.74) is 5.26. The Hall–Kier alpha value is -0.890. The normalized spacial score (nSPS) is 11.6. The SMILES string of the molecule is CS(=O)(=O)CCSc1nc(N)ncc1F. The molecule has 8 heteroatoms. The molecule has 0 amide bonds. The predicted molar refractivity (Wildman–Crippen MR) is 56.8 cm³/mol. The van der Waals surface area contributed by atoms with Gasteiger partial charge in [-0.3, -0.25) is 0 Å². The molecule has 0 bridgehead atoms. The highest BCUT2D eigenvalue weighted by atomic mass is 32.2. The minimum Gasteiger partial charge on any atom is -0.368 e. The summed E-state index contributed by atoms with van der Waals surface area (Å²) in [6, 6.07) is 0. The van der Waals surface area contributed by atoms with Crippen LogP contribution >= 0.6 is 11.8 Å². The summed E-state index contributed by atoms with van der Waals surface area (Å²) < 4.78 is 34.7. The predicted octanol–water partition coefficient (Wildman–Crippen LogP) is 0.335. The second-order valence-corrected chi connectivity index (χ2v) is 6.20. The van der Waals surface area contributed by atoms with Crippen molar-refractivity contribution in [3.63, 3.8) is 0 Å². The number of thioether (sulfide) groups is 1. The molecule has 0 saturated carbocycles. The fraction of sp³-hybridized carbons (Fsp3) is 0.429. The van der Waals surface area contributed by atoms with E-state index in [-0.39, 0.29) is 22.5 Å². The van der Waals surface area contributed by atoms with Crippen molar-refractivity contribution in [3.8, 4) is 0 Å². The number of halogens is 1. The Morgan fingerprint density at radius 3 is 2.87 bits per heavy atom. The summed E-state index contributed by atoms with van der Waals surface area (Å²) in [6.45, 7) is 0. The molecule has 0 aliphatic heterocycles. The van der Waals surface area contributed by atoms with Gasteiger partial charge in [-0.2, -0.15) is 0 Å². The number of hydrogen-bond donors (Lipinski definition) is 1. The van der Waals surface area contributed by atoms with Crippen LogP contribution in [0.25, 0.3) is 0 Å². The number of nitrogen functional groups attached to an aromatic ring is 1. The minimum absolute atomic E-state index is 0.0268. The van der Waals surface area contributed by atoms with Gasteiger partial charge in [-0.1, -0.05) is 0 Å². The average Bonchev–Trinajstić information content (AvgIpc) is 2.09. The highest BCUT2D eigenvalue weighted by molar-refractivity contribution is 8.00. The largest absolute Gasteiger partial charge is 0.368 e. The standard InChI is InChI=1S/C7H10FN3O2S2/c1-15(12,13)3-2-14-6-5(8)4-10-7(9)11-6/h4H,2-3H2,1H3,(H2,9,10,11). The van der Waals surface area contributed by atoms with Crippen molar-refractivity contribution in [2.45, 2.75) is 5.03 Å². The summed E-state index contributed by atoms with van der Waals surface area (Å²) >= 11 is 1.00. The van der Waals surface area contributed by atoms with Gasteiger partial charge in [-0.25, -0.2) is 22.8 Å². The first-order valence-corrected chi connectivity index (χ1v) is 7.01. The van der Waals surface area contributed by atoms with Crippen molar-refractivity contribution in [3.05, 3.63) is 12.0 Å². The Kier molecular flexibility index (Phi) is 3.86. The summed E-state index contributed by atoms with van der Waals surface area (Å²) in [4.78, 5) is 7.11. The molecule has 1 heterocycles. The van der Waals surface area contributed by atoms with Gasteiger partial charge >= 0.3 is 0 Å². The summed E-state index contributed by atoms with van der Waals surface area (Å²) in [7, 11) is -3.04. The lowest BCUT2D eigenvalue weighted by molar-refractivity contribution is 0.580. The Labute approximate surface area is 91.2 Å². The molecule has 15 heavy (non-hydrogen) atoms. The van der Waals surface area contributed by atoms with Crippen molar-refractivity contribution < 1.29 is 12.8 Å². The lowest BCUT2D eigenvalue weighted by atomic mass is 10.6. The third-order valence-electron chi connectivity index (χ3n) is 1.42. The molecule has 1 rings (SSSR count). The monoisotopic (exact) mass is 251 g/mol. The van der Waals surface area contributed by atoms with Crippen LogP contribution in [0.1, 0.15) is 0 Å². The molecule has 0 aliphatic carbocycles. The minimum atomic E-state index is -3.04. The maximum absolute atomic E-state index is 13.0. The average molecular weight is 251 g/mol. The number of aromatic nitrogens is 2. The second-order valence-electron chi connectivity index (χ2n) is 2.86. The third-order valence-corrected chi connectivity index (χ3v) is 3.60. The molecule has 0 fully saturated rings. The van der Waals surface area contributed by atoms with Crippen LogP contribution in [0.2, 0.25) is 0 Å². The zero-order valence-corrected chi connectivity index (χ0v) is 9.61. The number of sulfone groups is 1. The van der Waals surface area contributed by atoms with Crippen molar-refractivity contribution in [1.82, 2.24) is 9.97 Å². The molecule has 0 radical (unpaired) electrons. The highest BCUT2D eigenvalue weighted by Crippen LogP contribution is 2.19. The summed E-state index contributed by atoms with van der Waals surface area (Å²) in [6.07, 6.45) is 2.09. The van der Waals surface area contributed by atoms with E-state index in [9.17, 15) is 12.8 Å². The van der Waals surface area contributed by atoms with Crippen LogP contribution < -0.4 is 5.73 Å². The van der Waals surface area contributed by atoms with E-state index in [4.69, 9.17) is 5.73 Å². The van der Waals surface area contributed by atoms with E-state index < -0.39 is 15.7 Å². The Balaban J connectivity index is 2.61. The molecule has 0 unspecified atom stereocenters. The number of anilines is 1. The number of rotatable bonds is 4. The first kappa shape index (κ1) is 12.2. The van der Waals surface area contributed by atoms with E-state index in [1.54, 1.807) is 0 Å². The van der Waals surface area contributed by atoms with Gasteiger partial charge in [0.05, 0.1) is 11.9 Å². The number of nitrogens with two attached hydrogens (primary N) is 1. The van der Waals surface area contributed by atoms with Crippen molar-refractivity contribution in [2.75, 3.05) is 23.5 Å². The maximum Gasteiger partial charge on any atom is 0.221 e. The van der Waals surface area contributed by atoms with E-state index >= 15 is 0 Å². The van der Waals surface area contributed by atoms with Crippen LogP contribution in [-0.2, 0) is 9.84 Å². The quantitative estimate of drug-likeness (QED) is 0.613. The molecular weight excluding hydrogens is 241 g/mol. The molecule has 84 valence electrons. The molecule has 1 aromatic rings.